The Bertz CT molecular complexity index is 992. The molecule has 0 atom stereocenters. The van der Waals surface area contributed by atoms with Gasteiger partial charge in [-0.1, -0.05) is 57.3 Å². The summed E-state index contributed by atoms with van der Waals surface area (Å²) in [6, 6.07) is 17.3. The summed E-state index contributed by atoms with van der Waals surface area (Å²) in [6.07, 6.45) is 0. The Morgan fingerprint density at radius 1 is 0.903 bits per heavy atom. The molecule has 4 nitrogen and oxygen atoms in total. The van der Waals surface area contributed by atoms with Crippen LogP contribution in [0.15, 0.2) is 59.1 Å². The largest absolute Gasteiger partial charge is 0.497 e. The Balaban J connectivity index is 1.68. The summed E-state index contributed by atoms with van der Waals surface area (Å²) >= 11 is 16.2. The summed E-state index contributed by atoms with van der Waals surface area (Å²) in [7, 11) is 1.66. The van der Waals surface area contributed by atoms with Gasteiger partial charge < -0.3 is 19.5 Å². The van der Waals surface area contributed by atoms with Crippen LogP contribution in [0.1, 0.15) is 23.6 Å². The summed E-state index contributed by atoms with van der Waals surface area (Å²) in [5.74, 6) is 2.15. The standard InChI is InChI=1S/C24H24BrCl2NO3/c1-3-30-23-11-17(14-28-13-16-7-9-18(29-2)10-8-16)20(25)12-24(23)31-15-19-21(26)5-4-6-22(19)27/h4-12,28H,3,13-15H2,1-2H3. The maximum absolute atomic E-state index is 6.26. The van der Waals surface area contributed by atoms with Crippen LogP contribution in [0, 0.1) is 0 Å². The molecule has 0 aliphatic carbocycles. The van der Waals surface area contributed by atoms with E-state index in [-0.39, 0.29) is 6.61 Å². The van der Waals surface area contributed by atoms with Crippen LogP contribution in [-0.2, 0) is 19.7 Å². The lowest BCUT2D eigenvalue weighted by Gasteiger charge is -2.16. The lowest BCUT2D eigenvalue weighted by atomic mass is 10.1. The fourth-order valence-electron chi connectivity index (χ4n) is 3.00. The first-order valence-electron chi connectivity index (χ1n) is 9.86. The zero-order valence-electron chi connectivity index (χ0n) is 17.4. The van der Waals surface area contributed by atoms with Gasteiger partial charge in [0.15, 0.2) is 11.5 Å². The molecule has 0 amide bonds. The van der Waals surface area contributed by atoms with Gasteiger partial charge in [0.2, 0.25) is 0 Å². The number of hydrogen-bond donors (Lipinski definition) is 1. The summed E-state index contributed by atoms with van der Waals surface area (Å²) < 4.78 is 18.0. The molecule has 0 aromatic heterocycles. The number of nitrogens with one attached hydrogen (secondary N) is 1. The molecule has 0 bridgehead atoms. The second-order valence-electron chi connectivity index (χ2n) is 6.76. The van der Waals surface area contributed by atoms with Crippen molar-refractivity contribution in [1.29, 1.82) is 0 Å². The topological polar surface area (TPSA) is 39.7 Å². The maximum atomic E-state index is 6.26. The van der Waals surface area contributed by atoms with Crippen molar-refractivity contribution in [3.63, 3.8) is 0 Å². The van der Waals surface area contributed by atoms with Crippen molar-refractivity contribution in [1.82, 2.24) is 5.32 Å². The summed E-state index contributed by atoms with van der Waals surface area (Å²) in [5.41, 5.74) is 2.99. The number of ether oxygens (including phenoxy) is 3. The van der Waals surface area contributed by atoms with E-state index >= 15 is 0 Å². The van der Waals surface area contributed by atoms with Crippen molar-refractivity contribution >= 4 is 39.1 Å². The first-order chi connectivity index (χ1) is 15.0. The van der Waals surface area contributed by atoms with Crippen LogP contribution in [0.4, 0.5) is 0 Å². The number of halogens is 3. The molecule has 0 aliphatic rings. The van der Waals surface area contributed by atoms with Gasteiger partial charge in [0.25, 0.3) is 0 Å². The molecule has 3 aromatic carbocycles. The van der Waals surface area contributed by atoms with Gasteiger partial charge in [-0.05, 0) is 54.4 Å². The number of hydrogen-bond acceptors (Lipinski definition) is 4. The van der Waals surface area contributed by atoms with Crippen molar-refractivity contribution < 1.29 is 14.2 Å². The highest BCUT2D eigenvalue weighted by Crippen LogP contribution is 2.35. The molecule has 3 rings (SSSR count). The Labute approximate surface area is 201 Å². The minimum absolute atomic E-state index is 0.250. The van der Waals surface area contributed by atoms with Gasteiger partial charge in [0, 0.05) is 33.2 Å². The zero-order chi connectivity index (χ0) is 22.2. The molecule has 0 spiro atoms. The van der Waals surface area contributed by atoms with Gasteiger partial charge >= 0.3 is 0 Å². The van der Waals surface area contributed by atoms with E-state index in [0.29, 0.717) is 34.7 Å². The van der Waals surface area contributed by atoms with E-state index < -0.39 is 0 Å². The van der Waals surface area contributed by atoms with Crippen LogP contribution in [0.5, 0.6) is 17.2 Å². The van der Waals surface area contributed by atoms with Crippen molar-refractivity contribution in [3.8, 4) is 17.2 Å². The Morgan fingerprint density at radius 3 is 2.23 bits per heavy atom. The van der Waals surface area contributed by atoms with E-state index in [4.69, 9.17) is 37.4 Å². The van der Waals surface area contributed by atoms with Gasteiger partial charge in [0.05, 0.1) is 13.7 Å². The molecule has 0 fully saturated rings. The van der Waals surface area contributed by atoms with Crippen LogP contribution in [0.25, 0.3) is 0 Å². The van der Waals surface area contributed by atoms with Crippen molar-refractivity contribution in [3.05, 3.63) is 85.8 Å². The van der Waals surface area contributed by atoms with Gasteiger partial charge in [-0.15, -0.1) is 0 Å². The molecule has 1 N–H and O–H groups in total. The Hall–Kier alpha value is -1.92. The number of rotatable bonds is 10. The third-order valence-corrected chi connectivity index (χ3v) is 6.10. The molecular formula is C24H24BrCl2NO3. The highest BCUT2D eigenvalue weighted by Gasteiger charge is 2.13. The fraction of sp³-hybridized carbons (Fsp3) is 0.250. The van der Waals surface area contributed by atoms with Crippen LogP contribution in [0.2, 0.25) is 10.0 Å². The Kier molecular flexibility index (Phi) is 8.90. The molecule has 0 heterocycles. The highest BCUT2D eigenvalue weighted by molar-refractivity contribution is 9.10. The summed E-state index contributed by atoms with van der Waals surface area (Å²) in [5, 5.41) is 4.60. The molecule has 0 unspecified atom stereocenters. The van der Waals surface area contributed by atoms with Crippen molar-refractivity contribution in [2.45, 2.75) is 26.6 Å². The normalized spacial score (nSPS) is 10.7. The van der Waals surface area contributed by atoms with E-state index in [9.17, 15) is 0 Å². The fourth-order valence-corrected chi connectivity index (χ4v) is 3.97. The average Bonchev–Trinajstić information content (AvgIpc) is 2.76. The minimum Gasteiger partial charge on any atom is -0.497 e. The first-order valence-corrected chi connectivity index (χ1v) is 11.4. The predicted molar refractivity (Wildman–Crippen MR) is 130 cm³/mol. The zero-order valence-corrected chi connectivity index (χ0v) is 20.5. The quantitative estimate of drug-likeness (QED) is 0.309. The molecule has 0 saturated heterocycles. The molecule has 0 aliphatic heterocycles. The second-order valence-corrected chi connectivity index (χ2v) is 8.43. The van der Waals surface area contributed by atoms with E-state index in [1.54, 1.807) is 19.2 Å². The van der Waals surface area contributed by atoms with E-state index in [2.05, 4.69) is 21.2 Å². The first kappa shape index (κ1) is 23.7. The average molecular weight is 525 g/mol. The molecule has 0 radical (unpaired) electrons. The van der Waals surface area contributed by atoms with Gasteiger partial charge in [-0.3, -0.25) is 0 Å². The van der Waals surface area contributed by atoms with Gasteiger partial charge in [-0.25, -0.2) is 0 Å². The molecule has 164 valence electrons. The third kappa shape index (κ3) is 6.53. The third-order valence-electron chi connectivity index (χ3n) is 4.65. The van der Waals surface area contributed by atoms with Gasteiger partial charge in [-0.2, -0.15) is 0 Å². The van der Waals surface area contributed by atoms with E-state index in [0.717, 1.165) is 27.9 Å². The smallest absolute Gasteiger partial charge is 0.162 e. The molecule has 31 heavy (non-hydrogen) atoms. The van der Waals surface area contributed by atoms with Crippen LogP contribution in [-0.4, -0.2) is 13.7 Å². The molecular weight excluding hydrogens is 501 g/mol. The minimum atomic E-state index is 0.250. The molecule has 3 aromatic rings. The van der Waals surface area contributed by atoms with Gasteiger partial charge in [0.1, 0.15) is 12.4 Å². The summed E-state index contributed by atoms with van der Waals surface area (Å²) in [4.78, 5) is 0. The summed E-state index contributed by atoms with van der Waals surface area (Å²) in [6.45, 7) is 4.13. The number of methoxy groups -OCH3 is 1. The van der Waals surface area contributed by atoms with Crippen LogP contribution >= 0.6 is 39.1 Å². The lowest BCUT2D eigenvalue weighted by molar-refractivity contribution is 0.269. The van der Waals surface area contributed by atoms with Crippen molar-refractivity contribution in [2.24, 2.45) is 0 Å². The predicted octanol–water partition coefficient (Wildman–Crippen LogP) is 7.03. The van der Waals surface area contributed by atoms with E-state index in [1.807, 2.05) is 49.4 Å². The van der Waals surface area contributed by atoms with E-state index in [1.165, 1.54) is 5.56 Å². The second kappa shape index (κ2) is 11.6. The molecule has 7 heteroatoms. The van der Waals surface area contributed by atoms with Crippen LogP contribution < -0.4 is 19.5 Å². The maximum Gasteiger partial charge on any atom is 0.162 e. The van der Waals surface area contributed by atoms with Crippen LogP contribution in [0.3, 0.4) is 0 Å². The Morgan fingerprint density at radius 2 is 1.58 bits per heavy atom. The monoisotopic (exact) mass is 523 g/mol. The highest BCUT2D eigenvalue weighted by atomic mass is 79.9. The SMILES string of the molecule is CCOc1cc(CNCc2ccc(OC)cc2)c(Br)cc1OCc1c(Cl)cccc1Cl. The molecule has 0 saturated carbocycles. The lowest BCUT2D eigenvalue weighted by Crippen LogP contribution is -2.13. The van der Waals surface area contributed by atoms with Crippen molar-refractivity contribution in [2.75, 3.05) is 13.7 Å². The number of benzene rings is 3.